The van der Waals surface area contributed by atoms with Crippen LogP contribution < -0.4 is 20.9 Å². The fraction of sp³-hybridized carbons (Fsp3) is 0.0526. The summed E-state index contributed by atoms with van der Waals surface area (Å²) in [7, 11) is 2.80. The average Bonchev–Trinajstić information content (AvgIpc) is 3.09. The van der Waals surface area contributed by atoms with E-state index in [1.807, 2.05) is 0 Å². The number of methoxy groups -OCH3 is 2. The van der Waals surface area contributed by atoms with E-state index in [0.29, 0.717) is 60.5 Å². The molecule has 0 radical (unpaired) electrons. The van der Waals surface area contributed by atoms with Gasteiger partial charge in [-0.15, -0.1) is 0 Å². The normalized spacial score (nSPS) is 12.3. The number of hydrogen-bond acceptors (Lipinski definition) is 8. The van der Waals surface area contributed by atoms with Gasteiger partial charge < -0.3 is 41.4 Å². The number of nitrogens with two attached hydrogens (primary N) is 2. The molecule has 248 valence electrons. The van der Waals surface area contributed by atoms with Gasteiger partial charge in [0.2, 0.25) is 11.8 Å². The van der Waals surface area contributed by atoms with Crippen molar-refractivity contribution >= 4 is 89.6 Å². The largest absolute Gasteiger partial charge is 0.496 e. The smallest absolute Gasteiger partial charge is 0.336 e. The molecule has 0 spiro atoms. The van der Waals surface area contributed by atoms with Gasteiger partial charge in [0, 0.05) is 54.8 Å². The van der Waals surface area contributed by atoms with Gasteiger partial charge in [-0.3, -0.25) is 0 Å². The highest BCUT2D eigenvalue weighted by atomic mass is 16.5. The van der Waals surface area contributed by atoms with Crippen LogP contribution in [0.15, 0.2) is 94.9 Å². The van der Waals surface area contributed by atoms with Crippen LogP contribution in [0.5, 0.6) is 11.5 Å². The van der Waals surface area contributed by atoms with Gasteiger partial charge in [0.15, 0.2) is 0 Å². The molecule has 0 atom stereocenters. The van der Waals surface area contributed by atoms with E-state index in [0.717, 1.165) is 0 Å². The van der Waals surface area contributed by atoms with Gasteiger partial charge in [-0.05, 0) is 71.4 Å². The summed E-state index contributed by atoms with van der Waals surface area (Å²) in [6.07, 6.45) is 0. The highest BCUT2D eigenvalue weighted by molar-refractivity contribution is 6.40. The Hall–Kier alpha value is -7.08. The van der Waals surface area contributed by atoms with Gasteiger partial charge in [0.05, 0.1) is 36.7 Å². The van der Waals surface area contributed by atoms with Crippen LogP contribution in [0.4, 0.5) is 22.7 Å². The number of aromatic carboxylic acids is 2. The minimum absolute atomic E-state index is 0.00413. The van der Waals surface area contributed by atoms with E-state index in [-0.39, 0.29) is 39.1 Å². The molecule has 0 amide bonds. The number of nitrogens with zero attached hydrogens (tertiary/aromatic N) is 2. The molecule has 0 bridgehead atoms. The van der Waals surface area contributed by atoms with Gasteiger partial charge >= 0.3 is 11.9 Å². The van der Waals surface area contributed by atoms with Crippen molar-refractivity contribution in [3.63, 3.8) is 0 Å². The molecular weight excluding hydrogens is 640 g/mol. The van der Waals surface area contributed by atoms with Crippen LogP contribution in [-0.4, -0.2) is 58.4 Å². The van der Waals surface area contributed by atoms with E-state index in [4.69, 9.17) is 20.9 Å². The maximum atomic E-state index is 12.6. The van der Waals surface area contributed by atoms with Gasteiger partial charge in [-0.2, -0.15) is 0 Å². The fourth-order valence-electron chi connectivity index (χ4n) is 6.61. The summed E-state index contributed by atoms with van der Waals surface area (Å²) in [5.41, 5.74) is 13.5. The SMILES string of the molecule is COc1cc(C(=O)O)c2c(C(=O)O)ccc3c4ccc(C(O)=Nc5cccc(N)c5)c5c(C(O)=Nc6cccc(N)c6)cc(OC)c(c1c23)c54. The first-order chi connectivity index (χ1) is 24.0. The zero-order chi connectivity index (χ0) is 35.4. The Balaban J connectivity index is 1.73. The van der Waals surface area contributed by atoms with Crippen LogP contribution in [0, 0.1) is 0 Å². The molecule has 0 saturated heterocycles. The van der Waals surface area contributed by atoms with Crippen LogP contribution in [0.2, 0.25) is 0 Å². The molecule has 50 heavy (non-hydrogen) atoms. The van der Waals surface area contributed by atoms with Crippen LogP contribution >= 0.6 is 0 Å². The summed E-state index contributed by atoms with van der Waals surface area (Å²) in [6, 6.07) is 22.3. The van der Waals surface area contributed by atoms with Gasteiger partial charge in [-0.1, -0.05) is 24.3 Å². The van der Waals surface area contributed by atoms with Crippen LogP contribution in [0.1, 0.15) is 31.8 Å². The van der Waals surface area contributed by atoms with Crippen molar-refractivity contribution in [1.82, 2.24) is 0 Å². The first-order valence-corrected chi connectivity index (χ1v) is 15.1. The van der Waals surface area contributed by atoms with E-state index in [9.17, 15) is 30.0 Å². The Morgan fingerprint density at radius 2 is 0.960 bits per heavy atom. The van der Waals surface area contributed by atoms with Crippen molar-refractivity contribution in [1.29, 1.82) is 0 Å². The number of carboxylic acid groups (broad SMARTS) is 2. The number of carbonyl (C=O) groups is 2. The fourth-order valence-corrected chi connectivity index (χ4v) is 6.61. The number of carboxylic acids is 2. The molecule has 7 aromatic rings. The lowest BCUT2D eigenvalue weighted by molar-refractivity contribution is 0.0695. The molecule has 7 aromatic carbocycles. The van der Waals surface area contributed by atoms with Crippen molar-refractivity contribution < 1.29 is 39.5 Å². The Bertz CT molecular complexity index is 2630. The molecule has 8 N–H and O–H groups in total. The second-order valence-electron chi connectivity index (χ2n) is 11.5. The average molecular weight is 669 g/mol. The number of hydrogen-bond donors (Lipinski definition) is 6. The summed E-state index contributed by atoms with van der Waals surface area (Å²) < 4.78 is 11.7. The lowest BCUT2D eigenvalue weighted by atomic mass is 9.83. The molecule has 0 aliphatic carbocycles. The number of ether oxygens (including phenoxy) is 2. The van der Waals surface area contributed by atoms with Crippen molar-refractivity contribution in [2.45, 2.75) is 0 Å². The Morgan fingerprint density at radius 3 is 1.42 bits per heavy atom. The Labute approximate surface area is 283 Å². The number of fused-ring (bicyclic) bond motifs is 2. The number of aliphatic imine (C=N–C) groups is 2. The molecular formula is C38H28N4O8. The molecule has 7 rings (SSSR count). The maximum absolute atomic E-state index is 12.6. The zero-order valence-corrected chi connectivity index (χ0v) is 26.6. The number of aliphatic hydroxyl groups excluding tert-OH is 2. The first-order valence-electron chi connectivity index (χ1n) is 15.1. The zero-order valence-electron chi connectivity index (χ0n) is 26.6. The van der Waals surface area contributed by atoms with Crippen LogP contribution in [0.25, 0.3) is 43.1 Å². The summed E-state index contributed by atoms with van der Waals surface area (Å²) in [5.74, 6) is -3.12. The number of anilines is 2. The molecule has 12 heteroatoms. The molecule has 0 aliphatic rings. The molecule has 0 heterocycles. The summed E-state index contributed by atoms with van der Waals surface area (Å²) >= 11 is 0. The standard InChI is InChI=1S/C38H28N4O8/c1-49-27-15-25(36(44)42-20-8-4-6-18(40)14-20)29-23(35(43)41-19-7-3-5-17(39)13-19)11-9-21-22-10-12-24(37(45)46)30-26(38(47)48)16-28(50-2)34(32(22)30)33(27)31(21)29/h3-16H,39-40H2,1-2H3,(H,41,43)(H,42,44)(H,45,46)(H,47,48). The Kier molecular flexibility index (Phi) is 7.48. The minimum Gasteiger partial charge on any atom is -0.496 e. The third-order valence-corrected chi connectivity index (χ3v) is 8.63. The third kappa shape index (κ3) is 4.94. The highest BCUT2D eigenvalue weighted by Crippen LogP contribution is 2.50. The molecule has 0 unspecified atom stereocenters. The van der Waals surface area contributed by atoms with Crippen LogP contribution in [-0.2, 0) is 0 Å². The monoisotopic (exact) mass is 668 g/mol. The quantitative estimate of drug-likeness (QED) is 0.0307. The van der Waals surface area contributed by atoms with E-state index in [2.05, 4.69) is 9.98 Å². The predicted molar refractivity (Wildman–Crippen MR) is 194 cm³/mol. The molecule has 0 aromatic heterocycles. The number of rotatable bonds is 8. The molecule has 0 saturated carbocycles. The van der Waals surface area contributed by atoms with Crippen molar-refractivity contribution in [3.05, 3.63) is 107 Å². The molecule has 12 nitrogen and oxygen atoms in total. The topological polar surface area (TPSA) is 210 Å². The Morgan fingerprint density at radius 1 is 0.520 bits per heavy atom. The minimum atomic E-state index is -1.34. The number of nitrogen functional groups attached to an aromatic ring is 2. The number of benzene rings is 7. The van der Waals surface area contributed by atoms with Gasteiger partial charge in [-0.25, -0.2) is 19.6 Å². The molecule has 0 aliphatic heterocycles. The van der Waals surface area contributed by atoms with E-state index >= 15 is 0 Å². The lowest BCUT2D eigenvalue weighted by Gasteiger charge is -2.22. The second kappa shape index (κ2) is 11.9. The highest BCUT2D eigenvalue weighted by Gasteiger charge is 2.29. The predicted octanol–water partition coefficient (Wildman–Crippen LogP) is 7.59. The molecule has 0 fully saturated rings. The van der Waals surface area contributed by atoms with Crippen LogP contribution in [0.3, 0.4) is 0 Å². The van der Waals surface area contributed by atoms with Crippen molar-refractivity contribution in [2.75, 3.05) is 25.7 Å². The lowest BCUT2D eigenvalue weighted by Crippen LogP contribution is -2.09. The van der Waals surface area contributed by atoms with Gasteiger partial charge in [0.25, 0.3) is 0 Å². The number of aliphatic hydroxyl groups is 2. The van der Waals surface area contributed by atoms with E-state index in [1.54, 1.807) is 66.7 Å². The third-order valence-electron chi connectivity index (χ3n) is 8.63. The van der Waals surface area contributed by atoms with Crippen molar-refractivity contribution in [2.24, 2.45) is 9.98 Å². The maximum Gasteiger partial charge on any atom is 0.336 e. The first kappa shape index (κ1) is 31.5. The summed E-state index contributed by atoms with van der Waals surface area (Å²) in [5, 5.41) is 46.6. The van der Waals surface area contributed by atoms with E-state index < -0.39 is 23.7 Å². The summed E-state index contributed by atoms with van der Waals surface area (Å²) in [4.78, 5) is 33.9. The van der Waals surface area contributed by atoms with Crippen molar-refractivity contribution in [3.8, 4) is 11.5 Å². The van der Waals surface area contributed by atoms with Gasteiger partial charge in [0.1, 0.15) is 11.5 Å². The summed E-state index contributed by atoms with van der Waals surface area (Å²) in [6.45, 7) is 0. The van der Waals surface area contributed by atoms with E-state index in [1.165, 1.54) is 32.4 Å². The second-order valence-corrected chi connectivity index (χ2v) is 11.5.